The molecule has 1 aliphatic carbocycles. The monoisotopic (exact) mass is 236 g/mol. The topological polar surface area (TPSA) is 35.5 Å². The van der Waals surface area contributed by atoms with Crippen LogP contribution in [0.5, 0.6) is 0 Å². The third-order valence-electron chi connectivity index (χ3n) is 2.22. The van der Waals surface area contributed by atoms with Crippen LogP contribution in [-0.2, 0) is 13.6 Å². The van der Waals surface area contributed by atoms with Crippen molar-refractivity contribution in [2.45, 2.75) is 13.3 Å². The van der Waals surface area contributed by atoms with E-state index in [9.17, 15) is 4.57 Å². The summed E-state index contributed by atoms with van der Waals surface area (Å²) in [5.41, 5.74) is 0. The van der Waals surface area contributed by atoms with Crippen LogP contribution < -0.4 is 0 Å². The number of allylic oxidation sites excluding steroid dienone is 4. The highest BCUT2D eigenvalue weighted by Crippen LogP contribution is 2.59. The fourth-order valence-corrected chi connectivity index (χ4v) is 3.21. The van der Waals surface area contributed by atoms with Gasteiger partial charge in [-0.15, -0.1) is 0 Å². The zero-order valence-electron chi connectivity index (χ0n) is 8.49. The van der Waals surface area contributed by atoms with Gasteiger partial charge in [-0.25, -0.2) is 0 Å². The minimum atomic E-state index is -3.15. The molecular formula is C9H14ClO3P. The summed E-state index contributed by atoms with van der Waals surface area (Å²) in [7, 11) is -0.423. The molecule has 0 saturated heterocycles. The second kappa shape index (κ2) is 4.63. The van der Waals surface area contributed by atoms with Gasteiger partial charge in [-0.3, -0.25) is 4.57 Å². The van der Waals surface area contributed by atoms with Gasteiger partial charge in [-0.2, -0.15) is 0 Å². The number of hydrogen-bond acceptors (Lipinski definition) is 3. The van der Waals surface area contributed by atoms with Crippen LogP contribution in [0.4, 0.5) is 0 Å². The maximum Gasteiger partial charge on any atom is 0.358 e. The van der Waals surface area contributed by atoms with Crippen molar-refractivity contribution in [2.24, 2.45) is 5.92 Å². The Morgan fingerprint density at radius 1 is 1.50 bits per heavy atom. The van der Waals surface area contributed by atoms with Crippen LogP contribution in [0.3, 0.4) is 0 Å². The predicted molar refractivity (Wildman–Crippen MR) is 57.4 cm³/mol. The van der Waals surface area contributed by atoms with Crippen LogP contribution in [0, 0.1) is 5.92 Å². The van der Waals surface area contributed by atoms with E-state index in [0.717, 1.165) is 0 Å². The molecule has 14 heavy (non-hydrogen) atoms. The molecule has 5 heteroatoms. The third-order valence-corrected chi connectivity index (χ3v) is 4.97. The first kappa shape index (κ1) is 12.0. The number of halogens is 1. The smallest absolute Gasteiger partial charge is 0.309 e. The van der Waals surface area contributed by atoms with Crippen molar-refractivity contribution in [3.8, 4) is 0 Å². The van der Waals surface area contributed by atoms with Crippen LogP contribution >= 0.6 is 19.2 Å². The largest absolute Gasteiger partial charge is 0.358 e. The van der Waals surface area contributed by atoms with Crippen molar-refractivity contribution in [3.63, 3.8) is 0 Å². The summed E-state index contributed by atoms with van der Waals surface area (Å²) < 4.78 is 21.8. The van der Waals surface area contributed by atoms with E-state index < -0.39 is 7.60 Å². The van der Waals surface area contributed by atoms with Gasteiger partial charge in [-0.05, 0) is 6.42 Å². The second-order valence-corrected chi connectivity index (χ2v) is 5.75. The summed E-state index contributed by atoms with van der Waals surface area (Å²) in [6, 6.07) is 0. The van der Waals surface area contributed by atoms with E-state index >= 15 is 0 Å². The van der Waals surface area contributed by atoms with Crippen molar-refractivity contribution < 1.29 is 13.6 Å². The van der Waals surface area contributed by atoms with Gasteiger partial charge in [0.25, 0.3) is 0 Å². The quantitative estimate of drug-likeness (QED) is 0.556. The van der Waals surface area contributed by atoms with Gasteiger partial charge in [0.2, 0.25) is 0 Å². The Morgan fingerprint density at radius 3 is 2.57 bits per heavy atom. The van der Waals surface area contributed by atoms with Gasteiger partial charge in [0.15, 0.2) is 0 Å². The Labute approximate surface area is 89.3 Å². The van der Waals surface area contributed by atoms with E-state index in [1.165, 1.54) is 14.2 Å². The Bertz CT molecular complexity index is 314. The van der Waals surface area contributed by atoms with E-state index in [1.54, 1.807) is 0 Å². The molecule has 0 aliphatic heterocycles. The lowest BCUT2D eigenvalue weighted by atomic mass is 10.1. The Morgan fingerprint density at radius 2 is 2.07 bits per heavy atom. The fraction of sp³-hybridized carbons (Fsp3) is 0.556. The van der Waals surface area contributed by atoms with Crippen molar-refractivity contribution in [1.82, 2.24) is 0 Å². The Hall–Kier alpha value is -0.0800. The second-order valence-electron chi connectivity index (χ2n) is 3.08. The highest BCUT2D eigenvalue weighted by molar-refractivity contribution is 7.58. The summed E-state index contributed by atoms with van der Waals surface area (Å²) in [5.74, 6) is 0.0824. The number of hydrogen-bond donors (Lipinski definition) is 0. The van der Waals surface area contributed by atoms with E-state index in [1.807, 2.05) is 19.1 Å². The van der Waals surface area contributed by atoms with Gasteiger partial charge in [-0.1, -0.05) is 30.7 Å². The van der Waals surface area contributed by atoms with Crippen molar-refractivity contribution >= 4 is 19.2 Å². The average molecular weight is 237 g/mol. The summed E-state index contributed by atoms with van der Waals surface area (Å²) in [5, 5.41) is 1.14. The molecule has 0 heterocycles. The maximum atomic E-state index is 12.0. The van der Waals surface area contributed by atoms with Crippen molar-refractivity contribution in [1.29, 1.82) is 0 Å². The van der Waals surface area contributed by atoms with Crippen LogP contribution in [0.25, 0.3) is 0 Å². The van der Waals surface area contributed by atoms with Crippen molar-refractivity contribution in [3.05, 3.63) is 22.5 Å². The summed E-state index contributed by atoms with van der Waals surface area (Å²) in [6.07, 6.45) is 4.43. The predicted octanol–water partition coefficient (Wildman–Crippen LogP) is 3.52. The molecule has 0 N–H and O–H groups in total. The van der Waals surface area contributed by atoms with Gasteiger partial charge in [0, 0.05) is 25.2 Å². The minimum Gasteiger partial charge on any atom is -0.309 e. The summed E-state index contributed by atoms with van der Waals surface area (Å²) in [6.45, 7) is 1.94. The summed E-state index contributed by atoms with van der Waals surface area (Å²) >= 11 is 6.07. The van der Waals surface area contributed by atoms with Crippen LogP contribution in [0.15, 0.2) is 22.5 Å². The van der Waals surface area contributed by atoms with E-state index in [2.05, 4.69) is 0 Å². The molecular weight excluding hydrogens is 223 g/mol. The van der Waals surface area contributed by atoms with Gasteiger partial charge < -0.3 is 9.05 Å². The highest BCUT2D eigenvalue weighted by Gasteiger charge is 2.31. The lowest BCUT2D eigenvalue weighted by molar-refractivity contribution is 0.282. The highest BCUT2D eigenvalue weighted by atomic mass is 35.5. The Kier molecular flexibility index (Phi) is 3.96. The molecule has 3 nitrogen and oxygen atoms in total. The molecule has 0 aromatic heterocycles. The first-order chi connectivity index (χ1) is 6.55. The molecule has 1 aliphatic rings. The molecule has 0 amide bonds. The average Bonchev–Trinajstić information content (AvgIpc) is 2.21. The van der Waals surface area contributed by atoms with Gasteiger partial charge in [0.1, 0.15) is 0 Å². The van der Waals surface area contributed by atoms with E-state index in [-0.39, 0.29) is 5.92 Å². The molecule has 0 aromatic carbocycles. The van der Waals surface area contributed by atoms with Crippen LogP contribution in [0.2, 0.25) is 0 Å². The maximum absolute atomic E-state index is 12.0. The van der Waals surface area contributed by atoms with Gasteiger partial charge >= 0.3 is 7.60 Å². The molecule has 0 aromatic rings. The normalized spacial score (nSPS) is 23.0. The standard InChI is InChI=1S/C9H14ClO3P/c1-7-5-4-6-8(9(7)10)14(11,12-2)13-3/h4-5,7H,6H2,1-3H3. The third kappa shape index (κ3) is 2.12. The SMILES string of the molecule is COP(=O)(OC)C1=C(Cl)C(C)C=CC1. The lowest BCUT2D eigenvalue weighted by Crippen LogP contribution is -2.03. The van der Waals surface area contributed by atoms with E-state index in [0.29, 0.717) is 16.8 Å². The van der Waals surface area contributed by atoms with E-state index in [4.69, 9.17) is 20.6 Å². The molecule has 0 fully saturated rings. The molecule has 0 radical (unpaired) electrons. The molecule has 0 saturated carbocycles. The summed E-state index contributed by atoms with van der Waals surface area (Å²) in [4.78, 5) is 0. The lowest BCUT2D eigenvalue weighted by Gasteiger charge is -2.22. The molecule has 1 rings (SSSR count). The molecule has 1 atom stereocenters. The van der Waals surface area contributed by atoms with Crippen LogP contribution in [0.1, 0.15) is 13.3 Å². The molecule has 0 spiro atoms. The molecule has 1 unspecified atom stereocenters. The van der Waals surface area contributed by atoms with Gasteiger partial charge in [0.05, 0.1) is 5.31 Å². The molecule has 0 bridgehead atoms. The van der Waals surface area contributed by atoms with Crippen molar-refractivity contribution in [2.75, 3.05) is 14.2 Å². The Balaban J connectivity index is 3.08. The fourth-order valence-electron chi connectivity index (χ4n) is 1.37. The first-order valence-corrected chi connectivity index (χ1v) is 6.24. The zero-order chi connectivity index (χ0) is 10.8. The molecule has 80 valence electrons. The minimum absolute atomic E-state index is 0.0824. The number of rotatable bonds is 3. The first-order valence-electron chi connectivity index (χ1n) is 4.32. The van der Waals surface area contributed by atoms with Crippen LogP contribution in [-0.4, -0.2) is 14.2 Å². The zero-order valence-corrected chi connectivity index (χ0v) is 10.1.